The lowest BCUT2D eigenvalue weighted by molar-refractivity contribution is 0.0995. The number of nitrogens with two attached hydrogens (primary N) is 1. The van der Waals surface area contributed by atoms with Crippen molar-refractivity contribution in [2.45, 2.75) is 32.2 Å². The van der Waals surface area contributed by atoms with E-state index >= 15 is 0 Å². The Morgan fingerprint density at radius 3 is 3.04 bits per heavy atom. The molecule has 1 aromatic carbocycles. The molecule has 1 saturated heterocycles. The maximum atomic E-state index is 11.3. The van der Waals surface area contributed by atoms with Crippen LogP contribution in [0.5, 0.6) is 0 Å². The summed E-state index contributed by atoms with van der Waals surface area (Å²) in [7, 11) is 0. The Hall–Kier alpha value is -2.73. The molecule has 27 heavy (non-hydrogen) atoms. The molecule has 6 nitrogen and oxygen atoms in total. The molecule has 0 aliphatic carbocycles. The largest absolute Gasteiger partial charge is 0.364 e. The van der Waals surface area contributed by atoms with Crippen molar-refractivity contribution in [1.29, 1.82) is 0 Å². The molecular formula is C21H25N5O. The van der Waals surface area contributed by atoms with Crippen LogP contribution >= 0.6 is 0 Å². The van der Waals surface area contributed by atoms with Crippen molar-refractivity contribution in [3.63, 3.8) is 0 Å². The van der Waals surface area contributed by atoms with Gasteiger partial charge in [-0.15, -0.1) is 0 Å². The SMILES string of the molecule is NC(=O)c1cc(C[C@H]2CCCN(Cc3cccc4[nH]ccc34)CC2)ncn1. The number of aromatic amines is 1. The molecular weight excluding hydrogens is 338 g/mol. The van der Waals surface area contributed by atoms with E-state index in [0.717, 1.165) is 38.2 Å². The quantitative estimate of drug-likeness (QED) is 0.729. The summed E-state index contributed by atoms with van der Waals surface area (Å²) in [4.78, 5) is 25.4. The molecule has 1 aliphatic rings. The summed E-state index contributed by atoms with van der Waals surface area (Å²) in [5.74, 6) is 0.0818. The molecule has 0 unspecified atom stereocenters. The number of nitrogens with zero attached hydrogens (tertiary/aromatic N) is 3. The van der Waals surface area contributed by atoms with Crippen LogP contribution in [-0.2, 0) is 13.0 Å². The number of nitrogens with one attached hydrogen (secondary N) is 1. The van der Waals surface area contributed by atoms with Crippen molar-refractivity contribution in [2.75, 3.05) is 13.1 Å². The molecule has 0 radical (unpaired) electrons. The summed E-state index contributed by atoms with van der Waals surface area (Å²) in [6, 6.07) is 10.4. The molecule has 4 rings (SSSR count). The highest BCUT2D eigenvalue weighted by molar-refractivity contribution is 5.90. The third-order valence-corrected chi connectivity index (χ3v) is 5.49. The highest BCUT2D eigenvalue weighted by Gasteiger charge is 2.19. The molecule has 3 aromatic rings. The first kappa shape index (κ1) is 17.7. The van der Waals surface area contributed by atoms with E-state index in [2.05, 4.69) is 44.1 Å². The molecule has 6 heteroatoms. The Balaban J connectivity index is 1.38. The molecule has 1 aliphatic heterocycles. The average molecular weight is 363 g/mol. The summed E-state index contributed by atoms with van der Waals surface area (Å²) in [6.45, 7) is 3.19. The van der Waals surface area contributed by atoms with E-state index in [9.17, 15) is 4.79 Å². The van der Waals surface area contributed by atoms with Gasteiger partial charge < -0.3 is 10.7 Å². The van der Waals surface area contributed by atoms with Gasteiger partial charge in [-0.2, -0.15) is 0 Å². The van der Waals surface area contributed by atoms with Gasteiger partial charge in [-0.05, 0) is 68.5 Å². The number of rotatable bonds is 5. The summed E-state index contributed by atoms with van der Waals surface area (Å²) in [5, 5.41) is 1.32. The lowest BCUT2D eigenvalue weighted by atomic mass is 9.95. The van der Waals surface area contributed by atoms with E-state index in [-0.39, 0.29) is 0 Å². The predicted molar refractivity (Wildman–Crippen MR) is 105 cm³/mol. The Kier molecular flexibility index (Phi) is 5.16. The van der Waals surface area contributed by atoms with Crippen LogP contribution < -0.4 is 5.73 Å². The van der Waals surface area contributed by atoms with Crippen LogP contribution in [0.15, 0.2) is 42.9 Å². The smallest absolute Gasteiger partial charge is 0.267 e. The van der Waals surface area contributed by atoms with Gasteiger partial charge in [-0.25, -0.2) is 9.97 Å². The molecule has 140 valence electrons. The van der Waals surface area contributed by atoms with Crippen LogP contribution in [0, 0.1) is 5.92 Å². The second-order valence-electron chi connectivity index (χ2n) is 7.39. The maximum Gasteiger partial charge on any atom is 0.267 e. The number of amides is 1. The lowest BCUT2D eigenvalue weighted by Crippen LogP contribution is -2.24. The molecule has 1 amide bonds. The zero-order chi connectivity index (χ0) is 18.6. The second-order valence-corrected chi connectivity index (χ2v) is 7.39. The van der Waals surface area contributed by atoms with E-state index in [1.807, 2.05) is 6.20 Å². The minimum atomic E-state index is -0.496. The maximum absolute atomic E-state index is 11.3. The number of hydrogen-bond donors (Lipinski definition) is 2. The molecule has 3 N–H and O–H groups in total. The van der Waals surface area contributed by atoms with E-state index in [1.165, 1.54) is 35.6 Å². The molecule has 3 heterocycles. The second kappa shape index (κ2) is 7.88. The standard InChI is InChI=1S/C21H25N5O/c22-21(27)20-12-17(24-14-25-20)11-15-3-2-9-26(10-7-15)13-16-4-1-5-19-18(16)6-8-23-19/h1,4-6,8,12,14-15,23H,2-3,7,9-11,13H2,(H2,22,27)/t15-/m0/s1. The Labute approximate surface area is 158 Å². The van der Waals surface area contributed by atoms with E-state index < -0.39 is 5.91 Å². The van der Waals surface area contributed by atoms with Crippen molar-refractivity contribution >= 4 is 16.8 Å². The van der Waals surface area contributed by atoms with Crippen LogP contribution in [0.25, 0.3) is 10.9 Å². The van der Waals surface area contributed by atoms with Gasteiger partial charge >= 0.3 is 0 Å². The third kappa shape index (κ3) is 4.17. The highest BCUT2D eigenvalue weighted by atomic mass is 16.1. The van der Waals surface area contributed by atoms with E-state index in [4.69, 9.17) is 5.73 Å². The van der Waals surface area contributed by atoms with E-state index in [0.29, 0.717) is 11.6 Å². The van der Waals surface area contributed by atoms with Crippen LogP contribution in [0.4, 0.5) is 0 Å². The Morgan fingerprint density at radius 1 is 1.22 bits per heavy atom. The monoisotopic (exact) mass is 363 g/mol. The molecule has 1 fully saturated rings. The predicted octanol–water partition coefficient (Wildman–Crippen LogP) is 2.90. The number of aromatic nitrogens is 3. The molecule has 0 saturated carbocycles. The summed E-state index contributed by atoms with van der Waals surface area (Å²) >= 11 is 0. The number of carbonyl (C=O) groups is 1. The number of carbonyl (C=O) groups excluding carboxylic acids is 1. The zero-order valence-electron chi connectivity index (χ0n) is 15.4. The summed E-state index contributed by atoms with van der Waals surface area (Å²) < 4.78 is 0. The van der Waals surface area contributed by atoms with Gasteiger partial charge in [0, 0.05) is 29.3 Å². The van der Waals surface area contributed by atoms with Crippen molar-refractivity contribution in [3.8, 4) is 0 Å². The Morgan fingerprint density at radius 2 is 2.15 bits per heavy atom. The lowest BCUT2D eigenvalue weighted by Gasteiger charge is -2.20. The van der Waals surface area contributed by atoms with Gasteiger partial charge in [0.2, 0.25) is 0 Å². The van der Waals surface area contributed by atoms with Gasteiger partial charge in [-0.1, -0.05) is 12.1 Å². The zero-order valence-corrected chi connectivity index (χ0v) is 15.4. The van der Waals surface area contributed by atoms with Crippen molar-refractivity contribution in [3.05, 3.63) is 59.8 Å². The number of likely N-dealkylation sites (tertiary alicyclic amines) is 1. The first-order valence-electron chi connectivity index (χ1n) is 9.57. The average Bonchev–Trinajstić information content (AvgIpc) is 3.05. The highest BCUT2D eigenvalue weighted by Crippen LogP contribution is 2.24. The topological polar surface area (TPSA) is 87.9 Å². The fourth-order valence-corrected chi connectivity index (χ4v) is 4.06. The fraction of sp³-hybridized carbons (Fsp3) is 0.381. The minimum Gasteiger partial charge on any atom is -0.364 e. The molecule has 0 spiro atoms. The van der Waals surface area contributed by atoms with Gasteiger partial charge in [0.1, 0.15) is 12.0 Å². The summed E-state index contributed by atoms with van der Waals surface area (Å²) in [6.07, 6.45) is 7.83. The van der Waals surface area contributed by atoms with Crippen molar-refractivity contribution in [1.82, 2.24) is 19.9 Å². The van der Waals surface area contributed by atoms with Gasteiger partial charge in [0.05, 0.1) is 0 Å². The molecule has 2 aromatic heterocycles. The van der Waals surface area contributed by atoms with Crippen LogP contribution in [0.2, 0.25) is 0 Å². The normalized spacial score (nSPS) is 18.4. The van der Waals surface area contributed by atoms with Gasteiger partial charge in [0.15, 0.2) is 0 Å². The number of benzene rings is 1. The molecule has 1 atom stereocenters. The number of primary amides is 1. The summed E-state index contributed by atoms with van der Waals surface area (Å²) in [5.41, 5.74) is 9.12. The van der Waals surface area contributed by atoms with Crippen molar-refractivity contribution < 1.29 is 4.79 Å². The first-order valence-corrected chi connectivity index (χ1v) is 9.57. The van der Waals surface area contributed by atoms with Crippen LogP contribution in [0.1, 0.15) is 41.0 Å². The van der Waals surface area contributed by atoms with Crippen LogP contribution in [0.3, 0.4) is 0 Å². The van der Waals surface area contributed by atoms with Crippen LogP contribution in [-0.4, -0.2) is 38.8 Å². The Bertz CT molecular complexity index is 935. The molecule has 0 bridgehead atoms. The fourth-order valence-electron chi connectivity index (χ4n) is 4.06. The number of H-pyrrole nitrogens is 1. The van der Waals surface area contributed by atoms with Gasteiger partial charge in [0.25, 0.3) is 5.91 Å². The third-order valence-electron chi connectivity index (χ3n) is 5.49. The minimum absolute atomic E-state index is 0.301. The number of fused-ring (bicyclic) bond motifs is 1. The van der Waals surface area contributed by atoms with E-state index in [1.54, 1.807) is 6.07 Å². The van der Waals surface area contributed by atoms with Gasteiger partial charge in [-0.3, -0.25) is 9.69 Å². The first-order chi connectivity index (χ1) is 13.2. The number of hydrogen-bond acceptors (Lipinski definition) is 4. The van der Waals surface area contributed by atoms with Crippen molar-refractivity contribution in [2.24, 2.45) is 11.7 Å².